The second-order valence-corrected chi connectivity index (χ2v) is 6.96. The van der Waals surface area contributed by atoms with Gasteiger partial charge in [0, 0.05) is 13.7 Å². The van der Waals surface area contributed by atoms with E-state index in [0.29, 0.717) is 25.7 Å². The summed E-state index contributed by atoms with van der Waals surface area (Å²) in [5.41, 5.74) is 0. The molecule has 0 aliphatic rings. The van der Waals surface area contributed by atoms with Crippen LogP contribution in [0.25, 0.3) is 0 Å². The van der Waals surface area contributed by atoms with Gasteiger partial charge in [-0.3, -0.25) is 9.59 Å². The van der Waals surface area contributed by atoms with Crippen molar-refractivity contribution in [1.82, 2.24) is 0 Å². The van der Waals surface area contributed by atoms with Gasteiger partial charge in [-0.15, -0.1) is 0 Å². The molecule has 0 N–H and O–H groups in total. The quantitative estimate of drug-likeness (QED) is 0.249. The third kappa shape index (κ3) is 16.4. The van der Waals surface area contributed by atoms with Gasteiger partial charge in [0.25, 0.3) is 0 Å². The van der Waals surface area contributed by atoms with Crippen molar-refractivity contribution >= 4 is 11.9 Å². The molecule has 0 rings (SSSR count). The zero-order chi connectivity index (χ0) is 19.5. The van der Waals surface area contributed by atoms with Crippen LogP contribution in [0.1, 0.15) is 90.9 Å². The van der Waals surface area contributed by atoms with E-state index in [0.717, 1.165) is 32.1 Å². The molecule has 1 atom stereocenters. The van der Waals surface area contributed by atoms with Crippen LogP contribution >= 0.6 is 0 Å². The molecule has 0 bridgehead atoms. The van der Waals surface area contributed by atoms with Crippen LogP contribution in [-0.2, 0) is 23.8 Å². The maximum absolute atomic E-state index is 11.8. The molecule has 0 aromatic heterocycles. The molecule has 0 saturated heterocycles. The topological polar surface area (TPSA) is 61.8 Å². The number of unbranched alkanes of at least 4 members (excludes halogenated alkanes) is 6. The summed E-state index contributed by atoms with van der Waals surface area (Å²) in [7, 11) is 1.69. The highest BCUT2D eigenvalue weighted by Crippen LogP contribution is 2.15. The first-order valence-corrected chi connectivity index (χ1v) is 10.4. The average molecular weight is 373 g/mol. The fraction of sp³-hybridized carbons (Fsp3) is 0.905. The van der Waals surface area contributed by atoms with Crippen molar-refractivity contribution in [3.63, 3.8) is 0 Å². The maximum Gasteiger partial charge on any atom is 0.306 e. The highest BCUT2D eigenvalue weighted by atomic mass is 16.5. The molecule has 0 aromatic carbocycles. The fourth-order valence-electron chi connectivity index (χ4n) is 2.73. The van der Waals surface area contributed by atoms with Gasteiger partial charge in [-0.05, 0) is 25.2 Å². The van der Waals surface area contributed by atoms with Crippen molar-refractivity contribution < 1.29 is 23.8 Å². The van der Waals surface area contributed by atoms with Crippen LogP contribution in [0.5, 0.6) is 0 Å². The molecule has 1 unspecified atom stereocenters. The molecular weight excluding hydrogens is 332 g/mol. The summed E-state index contributed by atoms with van der Waals surface area (Å²) in [6.45, 7) is 5.89. The molecule has 0 radical (unpaired) electrons. The number of carbonyl (C=O) groups excluding carboxylic acids is 2. The first-order valence-electron chi connectivity index (χ1n) is 10.4. The number of hydrogen-bond acceptors (Lipinski definition) is 5. The predicted octanol–water partition coefficient (Wildman–Crippen LogP) is 5.06. The Balaban J connectivity index is 3.80. The molecule has 26 heavy (non-hydrogen) atoms. The van der Waals surface area contributed by atoms with E-state index in [1.807, 2.05) is 0 Å². The van der Waals surface area contributed by atoms with Crippen LogP contribution in [0.4, 0.5) is 0 Å². The molecule has 154 valence electrons. The van der Waals surface area contributed by atoms with Crippen molar-refractivity contribution in [3.05, 3.63) is 0 Å². The van der Waals surface area contributed by atoms with Crippen LogP contribution < -0.4 is 0 Å². The van der Waals surface area contributed by atoms with Crippen molar-refractivity contribution in [2.45, 2.75) is 90.9 Å². The van der Waals surface area contributed by atoms with Gasteiger partial charge in [0.1, 0.15) is 0 Å². The van der Waals surface area contributed by atoms with Gasteiger partial charge in [0.15, 0.2) is 0 Å². The minimum absolute atomic E-state index is 0.0978. The smallest absolute Gasteiger partial charge is 0.306 e. The lowest BCUT2D eigenvalue weighted by Crippen LogP contribution is -2.17. The van der Waals surface area contributed by atoms with E-state index in [-0.39, 0.29) is 24.8 Å². The molecule has 0 spiro atoms. The number of ether oxygens (including phenoxy) is 3. The van der Waals surface area contributed by atoms with Gasteiger partial charge < -0.3 is 14.2 Å². The number of methoxy groups -OCH3 is 1. The Morgan fingerprint density at radius 2 is 1.35 bits per heavy atom. The van der Waals surface area contributed by atoms with E-state index in [1.165, 1.54) is 32.1 Å². The molecule has 0 saturated carbocycles. The van der Waals surface area contributed by atoms with Crippen LogP contribution in [0.2, 0.25) is 0 Å². The SMILES string of the molecule is CCCCCCCOC(=O)CCC(=O)OCC(CCCCC)CCOC. The number of hydrogen-bond donors (Lipinski definition) is 0. The Kier molecular flexibility index (Phi) is 17.9. The summed E-state index contributed by atoms with van der Waals surface area (Å²) in [6.07, 6.45) is 11.3. The third-order valence-electron chi connectivity index (χ3n) is 4.47. The maximum atomic E-state index is 11.8. The Labute approximate surface area is 160 Å². The van der Waals surface area contributed by atoms with Crippen molar-refractivity contribution in [2.24, 2.45) is 5.92 Å². The van der Waals surface area contributed by atoms with Gasteiger partial charge >= 0.3 is 11.9 Å². The van der Waals surface area contributed by atoms with Crippen LogP contribution in [0.15, 0.2) is 0 Å². The minimum atomic E-state index is -0.317. The highest BCUT2D eigenvalue weighted by molar-refractivity contribution is 5.77. The molecule has 0 amide bonds. The summed E-state index contributed by atoms with van der Waals surface area (Å²) in [4.78, 5) is 23.5. The first-order chi connectivity index (χ1) is 12.6. The largest absolute Gasteiger partial charge is 0.466 e. The molecule has 0 aromatic rings. The molecule has 5 nitrogen and oxygen atoms in total. The van der Waals surface area contributed by atoms with E-state index in [1.54, 1.807) is 7.11 Å². The fourth-order valence-corrected chi connectivity index (χ4v) is 2.73. The third-order valence-corrected chi connectivity index (χ3v) is 4.47. The van der Waals surface area contributed by atoms with E-state index < -0.39 is 0 Å². The van der Waals surface area contributed by atoms with E-state index in [4.69, 9.17) is 14.2 Å². The molecular formula is C21H40O5. The molecule has 0 fully saturated rings. The Hall–Kier alpha value is -1.10. The predicted molar refractivity (Wildman–Crippen MR) is 104 cm³/mol. The van der Waals surface area contributed by atoms with E-state index in [9.17, 15) is 9.59 Å². The summed E-state index contributed by atoms with van der Waals surface area (Å²) in [6, 6.07) is 0. The molecule has 0 heterocycles. The average Bonchev–Trinajstić information content (AvgIpc) is 2.64. The van der Waals surface area contributed by atoms with Crippen LogP contribution in [-0.4, -0.2) is 38.9 Å². The van der Waals surface area contributed by atoms with Crippen LogP contribution in [0, 0.1) is 5.92 Å². The summed E-state index contributed by atoms with van der Waals surface area (Å²) < 4.78 is 15.6. The monoisotopic (exact) mass is 372 g/mol. The Morgan fingerprint density at radius 1 is 0.731 bits per heavy atom. The number of carbonyl (C=O) groups is 2. The van der Waals surface area contributed by atoms with Gasteiger partial charge in [-0.2, -0.15) is 0 Å². The summed E-state index contributed by atoms with van der Waals surface area (Å²) in [5.74, 6) is -0.292. The second kappa shape index (κ2) is 18.7. The second-order valence-electron chi connectivity index (χ2n) is 6.96. The van der Waals surface area contributed by atoms with E-state index in [2.05, 4.69) is 13.8 Å². The Morgan fingerprint density at radius 3 is 2.00 bits per heavy atom. The molecule has 0 aliphatic carbocycles. The molecule has 5 heteroatoms. The standard InChI is InChI=1S/C21H40O5/c1-4-6-8-9-11-16-25-20(22)13-14-21(23)26-18-19(15-17-24-3)12-10-7-5-2/h19H,4-18H2,1-3H3. The molecule has 0 aliphatic heterocycles. The van der Waals surface area contributed by atoms with Crippen LogP contribution in [0.3, 0.4) is 0 Å². The summed E-state index contributed by atoms with van der Waals surface area (Å²) in [5, 5.41) is 0. The number of rotatable bonds is 18. The van der Waals surface area contributed by atoms with Gasteiger partial charge in [0.05, 0.1) is 26.1 Å². The lowest BCUT2D eigenvalue weighted by molar-refractivity contribution is -0.151. The zero-order valence-corrected chi connectivity index (χ0v) is 17.2. The van der Waals surface area contributed by atoms with Crippen molar-refractivity contribution in [3.8, 4) is 0 Å². The minimum Gasteiger partial charge on any atom is -0.466 e. The van der Waals surface area contributed by atoms with Gasteiger partial charge in [0.2, 0.25) is 0 Å². The highest BCUT2D eigenvalue weighted by Gasteiger charge is 2.14. The Bertz CT molecular complexity index is 343. The van der Waals surface area contributed by atoms with Crippen molar-refractivity contribution in [1.29, 1.82) is 0 Å². The van der Waals surface area contributed by atoms with Gasteiger partial charge in [-0.25, -0.2) is 0 Å². The van der Waals surface area contributed by atoms with Crippen molar-refractivity contribution in [2.75, 3.05) is 26.9 Å². The lowest BCUT2D eigenvalue weighted by atomic mass is 9.99. The first kappa shape index (κ1) is 24.9. The lowest BCUT2D eigenvalue weighted by Gasteiger charge is -2.16. The van der Waals surface area contributed by atoms with Gasteiger partial charge in [-0.1, -0.05) is 58.8 Å². The van der Waals surface area contributed by atoms with E-state index >= 15 is 0 Å². The number of esters is 2. The zero-order valence-electron chi connectivity index (χ0n) is 17.2. The normalized spacial score (nSPS) is 12.0. The summed E-state index contributed by atoms with van der Waals surface area (Å²) >= 11 is 0.